The number of nitrogens with one attached hydrogen (secondary N) is 1. The first-order chi connectivity index (χ1) is 14.2. The largest absolute Gasteiger partial charge is 0.416 e. The van der Waals surface area contributed by atoms with Crippen molar-refractivity contribution in [2.45, 2.75) is 52.5 Å². The van der Waals surface area contributed by atoms with Gasteiger partial charge in [0, 0.05) is 41.9 Å². The summed E-state index contributed by atoms with van der Waals surface area (Å²) in [5, 5.41) is 4.58. The number of halogens is 3. The molecule has 0 radical (unpaired) electrons. The molecule has 1 N–H and O–H groups in total. The average molecular weight is 434 g/mol. The van der Waals surface area contributed by atoms with Crippen molar-refractivity contribution in [1.29, 1.82) is 0 Å². The number of aryl methyl sites for hydroxylation is 1. The van der Waals surface area contributed by atoms with Crippen LogP contribution in [0.25, 0.3) is 10.9 Å². The molecule has 0 saturated heterocycles. The first-order valence-corrected chi connectivity index (χ1v) is 10.5. The van der Waals surface area contributed by atoms with E-state index in [1.54, 1.807) is 6.07 Å². The lowest BCUT2D eigenvalue weighted by atomic mass is 10.1. The molecule has 3 aromatic rings. The minimum absolute atomic E-state index is 0.125. The number of thiocarbonyl (C=S) groups is 1. The molecular weight excluding hydrogens is 407 g/mol. The van der Waals surface area contributed by atoms with Gasteiger partial charge in [0.05, 0.1) is 5.56 Å². The number of benzene rings is 2. The Labute approximate surface area is 180 Å². The highest BCUT2D eigenvalue weighted by Crippen LogP contribution is 2.31. The molecule has 0 bridgehead atoms. The summed E-state index contributed by atoms with van der Waals surface area (Å²) in [4.78, 5) is 2.04. The lowest BCUT2D eigenvalue weighted by Crippen LogP contribution is -2.40. The molecule has 0 fully saturated rings. The molecule has 7 heteroatoms. The molecule has 0 amide bonds. The van der Waals surface area contributed by atoms with E-state index in [1.165, 1.54) is 6.07 Å². The number of alkyl halides is 3. The van der Waals surface area contributed by atoms with Crippen molar-refractivity contribution >= 4 is 33.9 Å². The average Bonchev–Trinajstić information content (AvgIpc) is 3.08. The molecule has 1 heterocycles. The molecule has 0 aliphatic heterocycles. The molecule has 0 aliphatic carbocycles. The number of rotatable bonds is 6. The van der Waals surface area contributed by atoms with Gasteiger partial charge in [0.15, 0.2) is 5.11 Å². The van der Waals surface area contributed by atoms with Crippen molar-refractivity contribution in [3.8, 4) is 0 Å². The number of hydrogen-bond donors (Lipinski definition) is 1. The van der Waals surface area contributed by atoms with Crippen LogP contribution in [0.2, 0.25) is 0 Å². The van der Waals surface area contributed by atoms with Crippen molar-refractivity contribution in [2.75, 3.05) is 5.32 Å². The Morgan fingerprint density at radius 1 is 1.13 bits per heavy atom. The van der Waals surface area contributed by atoms with Crippen molar-refractivity contribution in [1.82, 2.24) is 9.47 Å². The van der Waals surface area contributed by atoms with E-state index < -0.39 is 11.7 Å². The van der Waals surface area contributed by atoms with Crippen LogP contribution in [0.1, 0.15) is 38.3 Å². The Balaban J connectivity index is 1.88. The summed E-state index contributed by atoms with van der Waals surface area (Å²) < 4.78 is 41.3. The molecule has 1 unspecified atom stereocenters. The predicted molar refractivity (Wildman–Crippen MR) is 121 cm³/mol. The van der Waals surface area contributed by atoms with Crippen molar-refractivity contribution in [2.24, 2.45) is 0 Å². The fraction of sp³-hybridized carbons (Fsp3) is 0.348. The second-order valence-electron chi connectivity index (χ2n) is 7.35. The van der Waals surface area contributed by atoms with Gasteiger partial charge in [-0.3, -0.25) is 0 Å². The molecule has 1 aromatic heterocycles. The van der Waals surface area contributed by atoms with E-state index in [2.05, 4.69) is 49.0 Å². The van der Waals surface area contributed by atoms with Gasteiger partial charge in [-0.2, -0.15) is 13.2 Å². The Hall–Kier alpha value is -2.54. The van der Waals surface area contributed by atoms with Gasteiger partial charge in [0.1, 0.15) is 0 Å². The molecule has 0 spiro atoms. The van der Waals surface area contributed by atoms with Crippen LogP contribution >= 0.6 is 12.2 Å². The Bertz CT molecular complexity index is 1030. The molecule has 2 aromatic carbocycles. The van der Waals surface area contributed by atoms with Crippen LogP contribution in [0.5, 0.6) is 0 Å². The van der Waals surface area contributed by atoms with E-state index >= 15 is 0 Å². The maximum absolute atomic E-state index is 13.0. The fourth-order valence-corrected chi connectivity index (χ4v) is 3.87. The highest BCUT2D eigenvalue weighted by Gasteiger charge is 2.30. The van der Waals surface area contributed by atoms with Gasteiger partial charge in [0.25, 0.3) is 0 Å². The quantitative estimate of drug-likeness (QED) is 0.438. The molecular formula is C23H26F3N3S. The predicted octanol–water partition coefficient (Wildman–Crippen LogP) is 6.68. The molecule has 0 saturated carbocycles. The fourth-order valence-electron chi connectivity index (χ4n) is 3.51. The SMILES string of the molecule is CCC(C)N(Cc1cn(CC)c2ccccc12)C(=S)Nc1cccc(C(F)(F)F)c1. The van der Waals surface area contributed by atoms with Crippen LogP contribution in [-0.4, -0.2) is 20.6 Å². The van der Waals surface area contributed by atoms with Gasteiger partial charge in [-0.05, 0) is 62.3 Å². The first kappa shape index (κ1) is 22.2. The molecule has 1 atom stereocenters. The van der Waals surface area contributed by atoms with Gasteiger partial charge < -0.3 is 14.8 Å². The molecule has 0 aliphatic rings. The van der Waals surface area contributed by atoms with Gasteiger partial charge in [-0.15, -0.1) is 0 Å². The number of fused-ring (bicyclic) bond motifs is 1. The van der Waals surface area contributed by atoms with E-state index in [0.29, 0.717) is 17.3 Å². The summed E-state index contributed by atoms with van der Waals surface area (Å²) in [7, 11) is 0. The topological polar surface area (TPSA) is 20.2 Å². The Morgan fingerprint density at radius 2 is 1.87 bits per heavy atom. The van der Waals surface area contributed by atoms with Crippen LogP contribution in [0, 0.1) is 0 Å². The Kier molecular flexibility index (Phi) is 6.71. The zero-order valence-electron chi connectivity index (χ0n) is 17.3. The minimum atomic E-state index is -4.39. The van der Waals surface area contributed by atoms with Gasteiger partial charge in [-0.25, -0.2) is 0 Å². The second kappa shape index (κ2) is 9.08. The minimum Gasteiger partial charge on any atom is -0.347 e. The third-order valence-electron chi connectivity index (χ3n) is 5.38. The summed E-state index contributed by atoms with van der Waals surface area (Å²) >= 11 is 5.62. The van der Waals surface area contributed by atoms with Gasteiger partial charge in [0.2, 0.25) is 0 Å². The van der Waals surface area contributed by atoms with E-state index in [0.717, 1.165) is 41.6 Å². The summed E-state index contributed by atoms with van der Waals surface area (Å²) in [5.41, 5.74) is 1.94. The van der Waals surface area contributed by atoms with Crippen molar-refractivity contribution in [3.63, 3.8) is 0 Å². The smallest absolute Gasteiger partial charge is 0.347 e. The number of para-hydroxylation sites is 1. The lowest BCUT2D eigenvalue weighted by Gasteiger charge is -2.31. The van der Waals surface area contributed by atoms with Crippen LogP contribution in [0.4, 0.5) is 18.9 Å². The van der Waals surface area contributed by atoms with Crippen LogP contribution < -0.4 is 5.32 Å². The summed E-state index contributed by atoms with van der Waals surface area (Å²) in [6.45, 7) is 7.67. The monoisotopic (exact) mass is 433 g/mol. The summed E-state index contributed by atoms with van der Waals surface area (Å²) in [6, 6.07) is 13.5. The van der Waals surface area contributed by atoms with E-state index in [1.807, 2.05) is 17.0 Å². The lowest BCUT2D eigenvalue weighted by molar-refractivity contribution is -0.137. The van der Waals surface area contributed by atoms with E-state index in [-0.39, 0.29) is 6.04 Å². The molecule has 3 nitrogen and oxygen atoms in total. The van der Waals surface area contributed by atoms with E-state index in [9.17, 15) is 13.2 Å². The van der Waals surface area contributed by atoms with E-state index in [4.69, 9.17) is 12.2 Å². The van der Waals surface area contributed by atoms with Gasteiger partial charge in [-0.1, -0.05) is 31.2 Å². The van der Waals surface area contributed by atoms with Crippen molar-refractivity contribution in [3.05, 3.63) is 65.9 Å². The third kappa shape index (κ3) is 4.78. The summed E-state index contributed by atoms with van der Waals surface area (Å²) in [5.74, 6) is 0. The Morgan fingerprint density at radius 3 is 2.53 bits per heavy atom. The van der Waals surface area contributed by atoms with Crippen LogP contribution in [0.3, 0.4) is 0 Å². The standard InChI is InChI=1S/C23H26F3N3S/c1-4-16(3)29(15-17-14-28(5-2)21-12-7-6-11-20(17)21)22(30)27-19-10-8-9-18(13-19)23(24,25)26/h6-14,16H,4-5,15H2,1-3H3,(H,27,30). The number of anilines is 1. The number of nitrogens with zero attached hydrogens (tertiary/aromatic N) is 2. The molecule has 3 rings (SSSR count). The van der Waals surface area contributed by atoms with Crippen molar-refractivity contribution < 1.29 is 13.2 Å². The molecule has 160 valence electrons. The maximum Gasteiger partial charge on any atom is 0.416 e. The molecule has 30 heavy (non-hydrogen) atoms. The zero-order valence-corrected chi connectivity index (χ0v) is 18.1. The third-order valence-corrected chi connectivity index (χ3v) is 5.71. The van der Waals surface area contributed by atoms with Crippen LogP contribution in [0.15, 0.2) is 54.7 Å². The maximum atomic E-state index is 13.0. The summed E-state index contributed by atoms with van der Waals surface area (Å²) in [6.07, 6.45) is -1.40. The first-order valence-electron chi connectivity index (χ1n) is 10.1. The number of aromatic nitrogens is 1. The number of hydrogen-bond acceptors (Lipinski definition) is 1. The normalized spacial score (nSPS) is 12.7. The second-order valence-corrected chi connectivity index (χ2v) is 7.74. The van der Waals surface area contributed by atoms with Gasteiger partial charge >= 0.3 is 6.18 Å². The highest BCUT2D eigenvalue weighted by molar-refractivity contribution is 7.80. The zero-order chi connectivity index (χ0) is 21.9. The van der Waals surface area contributed by atoms with Crippen LogP contribution in [-0.2, 0) is 19.3 Å². The highest BCUT2D eigenvalue weighted by atomic mass is 32.1.